The molecule has 0 amide bonds. The Bertz CT molecular complexity index is 178. The molecule has 0 unspecified atom stereocenters. The van der Waals surface area contributed by atoms with Crippen LogP contribution in [0.15, 0.2) is 0 Å². The van der Waals surface area contributed by atoms with Gasteiger partial charge in [0.05, 0.1) is 6.42 Å². The van der Waals surface area contributed by atoms with Crippen LogP contribution in [0.2, 0.25) is 0 Å². The Morgan fingerprint density at radius 2 is 1.53 bits per heavy atom. The molecule has 15 heavy (non-hydrogen) atoms. The van der Waals surface area contributed by atoms with Gasteiger partial charge in [-0.25, -0.2) is 0 Å². The summed E-state index contributed by atoms with van der Waals surface area (Å²) in [5.41, 5.74) is 5.54. The number of halogens is 3. The SMILES string of the molecule is CN(CCC(F)(F)F)CCC(C)(C)CN. The van der Waals surface area contributed by atoms with Crippen LogP contribution < -0.4 is 5.73 Å². The Labute approximate surface area is 89.6 Å². The molecule has 0 aliphatic carbocycles. The molecule has 0 aromatic carbocycles. The molecule has 92 valence electrons. The lowest BCUT2D eigenvalue weighted by Crippen LogP contribution is -2.31. The van der Waals surface area contributed by atoms with E-state index in [1.165, 1.54) is 0 Å². The van der Waals surface area contributed by atoms with Crippen molar-refractivity contribution in [2.75, 3.05) is 26.7 Å². The van der Waals surface area contributed by atoms with Crippen molar-refractivity contribution in [2.45, 2.75) is 32.9 Å². The number of rotatable bonds is 6. The minimum Gasteiger partial charge on any atom is -0.330 e. The van der Waals surface area contributed by atoms with Gasteiger partial charge in [0.15, 0.2) is 0 Å². The van der Waals surface area contributed by atoms with Crippen LogP contribution in [0.3, 0.4) is 0 Å². The summed E-state index contributed by atoms with van der Waals surface area (Å²) in [5, 5.41) is 0. The van der Waals surface area contributed by atoms with E-state index in [1.54, 1.807) is 11.9 Å². The van der Waals surface area contributed by atoms with Crippen molar-refractivity contribution in [1.82, 2.24) is 4.90 Å². The van der Waals surface area contributed by atoms with Crippen LogP contribution in [0.4, 0.5) is 13.2 Å². The van der Waals surface area contributed by atoms with Gasteiger partial charge in [-0.1, -0.05) is 13.8 Å². The van der Waals surface area contributed by atoms with Crippen LogP contribution in [0, 0.1) is 5.41 Å². The monoisotopic (exact) mass is 226 g/mol. The lowest BCUT2D eigenvalue weighted by molar-refractivity contribution is -0.137. The fraction of sp³-hybridized carbons (Fsp3) is 1.00. The first-order valence-corrected chi connectivity index (χ1v) is 5.12. The van der Waals surface area contributed by atoms with Gasteiger partial charge in [0.25, 0.3) is 0 Å². The Kier molecular flexibility index (Phi) is 5.59. The van der Waals surface area contributed by atoms with Crippen molar-refractivity contribution in [3.63, 3.8) is 0 Å². The van der Waals surface area contributed by atoms with E-state index in [-0.39, 0.29) is 12.0 Å². The van der Waals surface area contributed by atoms with Crippen LogP contribution >= 0.6 is 0 Å². The van der Waals surface area contributed by atoms with Gasteiger partial charge in [0.2, 0.25) is 0 Å². The smallest absolute Gasteiger partial charge is 0.330 e. The average molecular weight is 226 g/mol. The molecule has 0 radical (unpaired) electrons. The zero-order valence-electron chi connectivity index (χ0n) is 9.69. The Morgan fingerprint density at radius 1 is 1.07 bits per heavy atom. The molecule has 0 bridgehead atoms. The van der Waals surface area contributed by atoms with Crippen LogP contribution in [0.5, 0.6) is 0 Å². The maximum atomic E-state index is 11.9. The second-order valence-electron chi connectivity index (χ2n) is 4.79. The predicted molar refractivity (Wildman–Crippen MR) is 55.6 cm³/mol. The zero-order chi connectivity index (χ0) is 12.1. The zero-order valence-corrected chi connectivity index (χ0v) is 9.69. The quantitative estimate of drug-likeness (QED) is 0.752. The second-order valence-corrected chi connectivity index (χ2v) is 4.79. The molecule has 0 aromatic heterocycles. The van der Waals surface area contributed by atoms with Crippen molar-refractivity contribution in [2.24, 2.45) is 11.1 Å². The van der Waals surface area contributed by atoms with Gasteiger partial charge < -0.3 is 10.6 Å². The highest BCUT2D eigenvalue weighted by atomic mass is 19.4. The van der Waals surface area contributed by atoms with E-state index in [9.17, 15) is 13.2 Å². The fourth-order valence-electron chi connectivity index (χ4n) is 1.03. The predicted octanol–water partition coefficient (Wildman–Crippen LogP) is 2.25. The number of nitrogens with zero attached hydrogens (tertiary/aromatic N) is 1. The highest BCUT2D eigenvalue weighted by Crippen LogP contribution is 2.21. The van der Waals surface area contributed by atoms with E-state index < -0.39 is 12.6 Å². The number of alkyl halides is 3. The third kappa shape index (κ3) is 8.69. The van der Waals surface area contributed by atoms with E-state index in [0.717, 1.165) is 6.42 Å². The first kappa shape index (κ1) is 14.7. The molecule has 0 saturated heterocycles. The molecule has 0 spiro atoms. The molecule has 0 fully saturated rings. The fourth-order valence-corrected chi connectivity index (χ4v) is 1.03. The number of hydrogen-bond donors (Lipinski definition) is 1. The Balaban J connectivity index is 3.71. The molecular weight excluding hydrogens is 205 g/mol. The van der Waals surface area contributed by atoms with E-state index in [2.05, 4.69) is 0 Å². The molecular formula is C10H21F3N2. The second kappa shape index (κ2) is 5.70. The van der Waals surface area contributed by atoms with Gasteiger partial charge in [0, 0.05) is 6.54 Å². The Hall–Kier alpha value is -0.290. The van der Waals surface area contributed by atoms with Crippen molar-refractivity contribution in [3.05, 3.63) is 0 Å². The van der Waals surface area contributed by atoms with E-state index >= 15 is 0 Å². The van der Waals surface area contributed by atoms with Gasteiger partial charge in [-0.3, -0.25) is 0 Å². The van der Waals surface area contributed by atoms with Crippen molar-refractivity contribution in [1.29, 1.82) is 0 Å². The molecule has 2 N–H and O–H groups in total. The average Bonchev–Trinajstić information content (AvgIpc) is 2.10. The van der Waals surface area contributed by atoms with E-state index in [4.69, 9.17) is 5.73 Å². The van der Waals surface area contributed by atoms with Crippen LogP contribution in [-0.4, -0.2) is 37.8 Å². The largest absolute Gasteiger partial charge is 0.390 e. The summed E-state index contributed by atoms with van der Waals surface area (Å²) < 4.78 is 35.7. The maximum absolute atomic E-state index is 11.9. The highest BCUT2D eigenvalue weighted by Gasteiger charge is 2.27. The third-order valence-electron chi connectivity index (χ3n) is 2.50. The van der Waals surface area contributed by atoms with Gasteiger partial charge in [-0.15, -0.1) is 0 Å². The van der Waals surface area contributed by atoms with Crippen LogP contribution in [0.25, 0.3) is 0 Å². The summed E-state index contributed by atoms with van der Waals surface area (Å²) in [6.45, 7) is 5.31. The Morgan fingerprint density at radius 3 is 1.93 bits per heavy atom. The summed E-state index contributed by atoms with van der Waals surface area (Å²) >= 11 is 0. The molecule has 0 saturated carbocycles. The molecule has 0 atom stereocenters. The van der Waals surface area contributed by atoms with Gasteiger partial charge >= 0.3 is 6.18 Å². The standard InChI is InChI=1S/C10H21F3N2/c1-9(2,8-14)4-6-15(3)7-5-10(11,12)13/h4-8,14H2,1-3H3. The molecule has 2 nitrogen and oxygen atoms in total. The number of nitrogens with two attached hydrogens (primary N) is 1. The van der Waals surface area contributed by atoms with Gasteiger partial charge in [-0.2, -0.15) is 13.2 Å². The number of hydrogen-bond acceptors (Lipinski definition) is 2. The minimum atomic E-state index is -4.06. The molecule has 5 heteroatoms. The first-order chi connectivity index (χ1) is 6.66. The van der Waals surface area contributed by atoms with Crippen molar-refractivity contribution < 1.29 is 13.2 Å². The summed E-state index contributed by atoms with van der Waals surface area (Å²) in [5.74, 6) is 0. The van der Waals surface area contributed by atoms with Crippen LogP contribution in [-0.2, 0) is 0 Å². The molecule has 0 heterocycles. The van der Waals surface area contributed by atoms with Gasteiger partial charge in [0.1, 0.15) is 0 Å². The molecule has 0 rings (SSSR count). The lowest BCUT2D eigenvalue weighted by atomic mass is 9.89. The van der Waals surface area contributed by atoms with E-state index in [1.807, 2.05) is 13.8 Å². The topological polar surface area (TPSA) is 29.3 Å². The summed E-state index contributed by atoms with van der Waals surface area (Å²) in [6.07, 6.45) is -3.98. The molecule has 0 aliphatic heterocycles. The lowest BCUT2D eigenvalue weighted by Gasteiger charge is -2.26. The third-order valence-corrected chi connectivity index (χ3v) is 2.50. The normalized spacial score (nSPS) is 13.6. The summed E-state index contributed by atoms with van der Waals surface area (Å²) in [6, 6.07) is 0. The highest BCUT2D eigenvalue weighted by molar-refractivity contribution is 4.71. The summed E-state index contributed by atoms with van der Waals surface area (Å²) in [4.78, 5) is 1.70. The summed E-state index contributed by atoms with van der Waals surface area (Å²) in [7, 11) is 1.71. The van der Waals surface area contributed by atoms with Crippen LogP contribution in [0.1, 0.15) is 26.7 Å². The minimum absolute atomic E-state index is 0.00644. The van der Waals surface area contributed by atoms with Crippen molar-refractivity contribution in [3.8, 4) is 0 Å². The molecule has 0 aliphatic rings. The maximum Gasteiger partial charge on any atom is 0.390 e. The first-order valence-electron chi connectivity index (χ1n) is 5.12. The molecule has 0 aromatic rings. The van der Waals surface area contributed by atoms with E-state index in [0.29, 0.717) is 13.1 Å². The van der Waals surface area contributed by atoms with Crippen molar-refractivity contribution >= 4 is 0 Å². The van der Waals surface area contributed by atoms with Gasteiger partial charge in [-0.05, 0) is 32.0 Å².